The smallest absolute Gasteiger partial charge is 0.123 e. The quantitative estimate of drug-likeness (QED) is 0.749. The molecular formula is C17H21NO2. The zero-order valence-corrected chi connectivity index (χ0v) is 11.8. The van der Waals surface area contributed by atoms with Gasteiger partial charge < -0.3 is 14.8 Å². The number of hydrogen-bond donors (Lipinski definition) is 1. The molecule has 2 rings (SSSR count). The first-order valence-corrected chi connectivity index (χ1v) is 6.92. The highest BCUT2D eigenvalue weighted by Gasteiger charge is 1.98. The maximum absolute atomic E-state index is 5.76. The van der Waals surface area contributed by atoms with Crippen molar-refractivity contribution >= 4 is 0 Å². The van der Waals surface area contributed by atoms with Crippen LogP contribution >= 0.6 is 0 Å². The minimum absolute atomic E-state index is 0.657. The Hall–Kier alpha value is -2.00. The van der Waals surface area contributed by atoms with Crippen molar-refractivity contribution in [3.63, 3.8) is 0 Å². The van der Waals surface area contributed by atoms with Crippen LogP contribution in [0.1, 0.15) is 5.56 Å². The lowest BCUT2D eigenvalue weighted by atomic mass is 10.2. The van der Waals surface area contributed by atoms with Crippen LogP contribution in [0.5, 0.6) is 11.5 Å². The van der Waals surface area contributed by atoms with Crippen LogP contribution in [0.4, 0.5) is 0 Å². The molecule has 2 aromatic rings. The highest BCUT2D eigenvalue weighted by atomic mass is 16.5. The molecule has 0 heterocycles. The second-order valence-electron chi connectivity index (χ2n) is 4.51. The standard InChI is InChI=1S/C17H21NO2/c1-18-11-13-20-17-9-5-8-16(14-17)19-12-10-15-6-3-2-4-7-15/h2-9,14,18H,10-13H2,1H3. The van der Waals surface area contributed by atoms with Gasteiger partial charge in [-0.1, -0.05) is 36.4 Å². The summed E-state index contributed by atoms with van der Waals surface area (Å²) in [4.78, 5) is 0. The fourth-order valence-corrected chi connectivity index (χ4v) is 1.86. The van der Waals surface area contributed by atoms with E-state index in [1.165, 1.54) is 5.56 Å². The van der Waals surface area contributed by atoms with Crippen LogP contribution in [0.3, 0.4) is 0 Å². The van der Waals surface area contributed by atoms with Crippen molar-refractivity contribution < 1.29 is 9.47 Å². The Bertz CT molecular complexity index is 499. The van der Waals surface area contributed by atoms with Crippen molar-refractivity contribution in [3.8, 4) is 11.5 Å². The van der Waals surface area contributed by atoms with Crippen molar-refractivity contribution in [1.82, 2.24) is 5.32 Å². The monoisotopic (exact) mass is 271 g/mol. The van der Waals surface area contributed by atoms with Crippen LogP contribution in [0.2, 0.25) is 0 Å². The molecule has 0 unspecified atom stereocenters. The summed E-state index contributed by atoms with van der Waals surface area (Å²) in [5.41, 5.74) is 1.29. The van der Waals surface area contributed by atoms with Crippen LogP contribution in [0, 0.1) is 0 Å². The second-order valence-corrected chi connectivity index (χ2v) is 4.51. The van der Waals surface area contributed by atoms with Gasteiger partial charge in [-0.3, -0.25) is 0 Å². The first-order valence-electron chi connectivity index (χ1n) is 6.92. The van der Waals surface area contributed by atoms with E-state index >= 15 is 0 Å². The third kappa shape index (κ3) is 4.94. The van der Waals surface area contributed by atoms with E-state index in [1.807, 2.05) is 49.5 Å². The van der Waals surface area contributed by atoms with Gasteiger partial charge >= 0.3 is 0 Å². The number of ether oxygens (including phenoxy) is 2. The first-order chi connectivity index (χ1) is 9.88. The summed E-state index contributed by atoms with van der Waals surface area (Å²) in [6.45, 7) is 2.16. The normalized spacial score (nSPS) is 10.2. The van der Waals surface area contributed by atoms with E-state index in [-0.39, 0.29) is 0 Å². The molecule has 3 nitrogen and oxygen atoms in total. The summed E-state index contributed by atoms with van der Waals surface area (Å²) in [6, 6.07) is 18.1. The predicted molar refractivity (Wildman–Crippen MR) is 81.5 cm³/mol. The van der Waals surface area contributed by atoms with Gasteiger partial charge in [0.05, 0.1) is 6.61 Å². The number of nitrogens with one attached hydrogen (secondary N) is 1. The molecule has 0 saturated carbocycles. The molecule has 0 radical (unpaired) electrons. The van der Waals surface area contributed by atoms with Crippen molar-refractivity contribution in [3.05, 3.63) is 60.2 Å². The molecule has 106 valence electrons. The Balaban J connectivity index is 1.79. The summed E-state index contributed by atoms with van der Waals surface area (Å²) in [7, 11) is 1.91. The molecule has 0 fully saturated rings. The summed E-state index contributed by atoms with van der Waals surface area (Å²) in [5.74, 6) is 1.69. The summed E-state index contributed by atoms with van der Waals surface area (Å²) in [5, 5.41) is 3.05. The Morgan fingerprint density at radius 1 is 0.850 bits per heavy atom. The number of likely N-dealkylation sites (N-methyl/N-ethyl adjacent to an activating group) is 1. The number of benzene rings is 2. The molecule has 0 saturated heterocycles. The van der Waals surface area contributed by atoms with Gasteiger partial charge in [0.1, 0.15) is 18.1 Å². The second kappa shape index (κ2) is 8.23. The van der Waals surface area contributed by atoms with Gasteiger partial charge in [0, 0.05) is 19.0 Å². The zero-order valence-electron chi connectivity index (χ0n) is 11.8. The average molecular weight is 271 g/mol. The van der Waals surface area contributed by atoms with Gasteiger partial charge in [-0.2, -0.15) is 0 Å². The van der Waals surface area contributed by atoms with Crippen LogP contribution < -0.4 is 14.8 Å². The Labute approximate surface area is 120 Å². The molecule has 0 aromatic heterocycles. The van der Waals surface area contributed by atoms with E-state index in [2.05, 4.69) is 17.4 Å². The van der Waals surface area contributed by atoms with Gasteiger partial charge in [-0.05, 0) is 24.7 Å². The number of rotatable bonds is 8. The van der Waals surface area contributed by atoms with Crippen LogP contribution in [-0.4, -0.2) is 26.8 Å². The van der Waals surface area contributed by atoms with E-state index in [0.29, 0.717) is 13.2 Å². The minimum atomic E-state index is 0.657. The third-order valence-corrected chi connectivity index (χ3v) is 2.93. The van der Waals surface area contributed by atoms with Gasteiger partial charge in [0.25, 0.3) is 0 Å². The minimum Gasteiger partial charge on any atom is -0.493 e. The Kier molecular flexibility index (Phi) is 5.93. The fourth-order valence-electron chi connectivity index (χ4n) is 1.86. The molecule has 2 aromatic carbocycles. The molecule has 0 aliphatic heterocycles. The average Bonchev–Trinajstić information content (AvgIpc) is 2.49. The topological polar surface area (TPSA) is 30.5 Å². The first kappa shape index (κ1) is 14.4. The van der Waals surface area contributed by atoms with Crippen LogP contribution in [-0.2, 0) is 6.42 Å². The Morgan fingerprint density at radius 3 is 2.25 bits per heavy atom. The highest BCUT2D eigenvalue weighted by molar-refractivity contribution is 5.33. The van der Waals surface area contributed by atoms with Crippen molar-refractivity contribution in [2.24, 2.45) is 0 Å². The zero-order chi connectivity index (χ0) is 14.0. The molecule has 0 atom stereocenters. The van der Waals surface area contributed by atoms with Crippen LogP contribution in [0.25, 0.3) is 0 Å². The van der Waals surface area contributed by atoms with E-state index in [9.17, 15) is 0 Å². The molecule has 3 heteroatoms. The lowest BCUT2D eigenvalue weighted by molar-refractivity contribution is 0.304. The molecule has 0 aliphatic carbocycles. The van der Waals surface area contributed by atoms with Gasteiger partial charge in [-0.25, -0.2) is 0 Å². The van der Waals surface area contributed by atoms with E-state index in [0.717, 1.165) is 24.5 Å². The van der Waals surface area contributed by atoms with Gasteiger partial charge in [0.15, 0.2) is 0 Å². The van der Waals surface area contributed by atoms with Crippen molar-refractivity contribution in [2.75, 3.05) is 26.8 Å². The molecule has 0 spiro atoms. The fraction of sp³-hybridized carbons (Fsp3) is 0.294. The van der Waals surface area contributed by atoms with E-state index in [1.54, 1.807) is 0 Å². The summed E-state index contributed by atoms with van der Waals surface area (Å²) >= 11 is 0. The maximum Gasteiger partial charge on any atom is 0.123 e. The van der Waals surface area contributed by atoms with Crippen molar-refractivity contribution in [1.29, 1.82) is 0 Å². The number of hydrogen-bond acceptors (Lipinski definition) is 3. The molecule has 0 amide bonds. The molecule has 20 heavy (non-hydrogen) atoms. The Morgan fingerprint density at radius 2 is 1.55 bits per heavy atom. The lowest BCUT2D eigenvalue weighted by Gasteiger charge is -2.09. The largest absolute Gasteiger partial charge is 0.493 e. The third-order valence-electron chi connectivity index (χ3n) is 2.93. The molecule has 1 N–H and O–H groups in total. The van der Waals surface area contributed by atoms with Gasteiger partial charge in [-0.15, -0.1) is 0 Å². The molecule has 0 aliphatic rings. The SMILES string of the molecule is CNCCOc1cccc(OCCc2ccccc2)c1. The lowest BCUT2D eigenvalue weighted by Crippen LogP contribution is -2.15. The van der Waals surface area contributed by atoms with Crippen molar-refractivity contribution in [2.45, 2.75) is 6.42 Å². The maximum atomic E-state index is 5.76. The predicted octanol–water partition coefficient (Wildman–Crippen LogP) is 2.91. The summed E-state index contributed by atoms with van der Waals surface area (Å²) in [6.07, 6.45) is 0.908. The highest BCUT2D eigenvalue weighted by Crippen LogP contribution is 2.19. The van der Waals surface area contributed by atoms with E-state index in [4.69, 9.17) is 9.47 Å². The van der Waals surface area contributed by atoms with Gasteiger partial charge in [0.2, 0.25) is 0 Å². The van der Waals surface area contributed by atoms with E-state index < -0.39 is 0 Å². The summed E-state index contributed by atoms with van der Waals surface area (Å²) < 4.78 is 11.4. The molecular weight excluding hydrogens is 250 g/mol. The van der Waals surface area contributed by atoms with Crippen LogP contribution in [0.15, 0.2) is 54.6 Å². The molecule has 0 bridgehead atoms.